The third-order valence-electron chi connectivity index (χ3n) is 6.01. The molecule has 2 N–H and O–H groups in total. The lowest BCUT2D eigenvalue weighted by molar-refractivity contribution is 0.0957. The van der Waals surface area contributed by atoms with Gasteiger partial charge in [0.05, 0.1) is 11.9 Å². The molecule has 162 valence electrons. The number of aryl methyl sites for hydroxylation is 1. The van der Waals surface area contributed by atoms with Crippen LogP contribution in [0.15, 0.2) is 35.3 Å². The fourth-order valence-electron chi connectivity index (χ4n) is 4.22. The number of aromatic nitrogens is 3. The first-order chi connectivity index (χ1) is 15.0. The molecule has 1 unspecified atom stereocenters. The number of H-pyrrole nitrogens is 1. The first-order valence-corrected chi connectivity index (χ1v) is 10.6. The Bertz CT molecular complexity index is 1120. The van der Waals surface area contributed by atoms with Crippen LogP contribution in [-0.4, -0.2) is 51.9 Å². The number of amides is 1. The van der Waals surface area contributed by atoms with Crippen molar-refractivity contribution in [2.45, 2.75) is 38.6 Å². The quantitative estimate of drug-likeness (QED) is 0.722. The Morgan fingerprint density at radius 3 is 2.81 bits per heavy atom. The zero-order chi connectivity index (χ0) is 22.0. The van der Waals surface area contributed by atoms with E-state index in [0.29, 0.717) is 30.6 Å². The van der Waals surface area contributed by atoms with Crippen molar-refractivity contribution < 1.29 is 9.18 Å². The average Bonchev–Trinajstić information content (AvgIpc) is 3.29. The number of rotatable bonds is 5. The lowest BCUT2D eigenvalue weighted by Gasteiger charge is -2.30. The monoisotopic (exact) mass is 423 g/mol. The summed E-state index contributed by atoms with van der Waals surface area (Å²) in [5, 5.41) is 2.45. The highest BCUT2D eigenvalue weighted by Crippen LogP contribution is 2.32. The largest absolute Gasteiger partial charge is 0.354 e. The van der Waals surface area contributed by atoms with Crippen molar-refractivity contribution in [1.29, 1.82) is 0 Å². The van der Waals surface area contributed by atoms with Crippen LogP contribution in [-0.2, 0) is 6.42 Å². The number of nitrogens with zero attached hydrogens (tertiary/aromatic N) is 3. The van der Waals surface area contributed by atoms with Gasteiger partial charge in [-0.3, -0.25) is 19.5 Å². The smallest absolute Gasteiger partial charge is 0.270 e. The van der Waals surface area contributed by atoms with Crippen molar-refractivity contribution in [3.63, 3.8) is 0 Å². The lowest BCUT2D eigenvalue weighted by atomic mass is 9.99. The van der Waals surface area contributed by atoms with Crippen molar-refractivity contribution in [3.05, 3.63) is 69.4 Å². The second kappa shape index (κ2) is 8.93. The minimum atomic E-state index is -0.615. The standard InChI is InChI=1S/C23H26FN5O2/c1-3-18-23(31)28-20(13-26-18)15-4-5-16(12-15)29-10-8-14(9-11-29)17-6-7-19(22(30)25-2)27-21(17)24/h6-8,12-13,16H,3-5,9-11H2,1-2H3,(H,25,30)(H,28,31). The van der Waals surface area contributed by atoms with E-state index in [1.807, 2.05) is 13.0 Å². The third-order valence-corrected chi connectivity index (χ3v) is 6.01. The first kappa shape index (κ1) is 21.1. The Hall–Kier alpha value is -3.13. The molecule has 2 aliphatic rings. The van der Waals surface area contributed by atoms with E-state index < -0.39 is 11.9 Å². The first-order valence-electron chi connectivity index (χ1n) is 10.6. The van der Waals surface area contributed by atoms with Crippen LogP contribution in [0, 0.1) is 5.95 Å². The molecule has 0 saturated carbocycles. The number of nitrogens with one attached hydrogen (secondary N) is 2. The number of hydrogen-bond donors (Lipinski definition) is 2. The van der Waals surface area contributed by atoms with Crippen LogP contribution in [0.5, 0.6) is 0 Å². The van der Waals surface area contributed by atoms with Gasteiger partial charge in [0, 0.05) is 31.7 Å². The molecule has 8 heteroatoms. The Morgan fingerprint density at radius 2 is 2.16 bits per heavy atom. The summed E-state index contributed by atoms with van der Waals surface area (Å²) in [4.78, 5) is 37.1. The highest BCUT2D eigenvalue weighted by atomic mass is 19.1. The molecular formula is C23H26FN5O2. The van der Waals surface area contributed by atoms with Gasteiger partial charge in [0.2, 0.25) is 5.95 Å². The Morgan fingerprint density at radius 1 is 1.32 bits per heavy atom. The number of carbonyl (C=O) groups is 1. The van der Waals surface area contributed by atoms with E-state index in [9.17, 15) is 14.0 Å². The molecule has 0 radical (unpaired) electrons. The molecule has 1 aliphatic heterocycles. The predicted molar refractivity (Wildman–Crippen MR) is 117 cm³/mol. The van der Waals surface area contributed by atoms with Crippen molar-refractivity contribution in [2.24, 2.45) is 0 Å². The zero-order valence-electron chi connectivity index (χ0n) is 17.7. The molecule has 1 aliphatic carbocycles. The van der Waals surface area contributed by atoms with Gasteiger partial charge in [-0.15, -0.1) is 0 Å². The van der Waals surface area contributed by atoms with Gasteiger partial charge in [0.15, 0.2) is 0 Å². The van der Waals surface area contributed by atoms with E-state index in [4.69, 9.17) is 0 Å². The minimum Gasteiger partial charge on any atom is -0.354 e. The molecule has 0 fully saturated rings. The van der Waals surface area contributed by atoms with Crippen molar-refractivity contribution in [1.82, 2.24) is 25.2 Å². The molecule has 0 aromatic carbocycles. The summed E-state index contributed by atoms with van der Waals surface area (Å²) in [5.74, 6) is -1.02. The number of aromatic amines is 1. The van der Waals surface area contributed by atoms with Crippen LogP contribution in [0.1, 0.15) is 53.6 Å². The topological polar surface area (TPSA) is 91.0 Å². The Balaban J connectivity index is 1.46. The highest BCUT2D eigenvalue weighted by molar-refractivity contribution is 5.92. The number of carbonyl (C=O) groups excluding carboxylic acids is 1. The van der Waals surface area contributed by atoms with E-state index in [1.165, 1.54) is 7.05 Å². The summed E-state index contributed by atoms with van der Waals surface area (Å²) in [6.45, 7) is 3.43. The van der Waals surface area contributed by atoms with Crippen molar-refractivity contribution in [3.8, 4) is 0 Å². The molecule has 7 nitrogen and oxygen atoms in total. The average molecular weight is 423 g/mol. The van der Waals surface area contributed by atoms with Gasteiger partial charge < -0.3 is 10.3 Å². The fraction of sp³-hybridized carbons (Fsp3) is 0.391. The van der Waals surface area contributed by atoms with E-state index in [-0.39, 0.29) is 17.3 Å². The van der Waals surface area contributed by atoms with Crippen LogP contribution in [0.25, 0.3) is 11.1 Å². The zero-order valence-corrected chi connectivity index (χ0v) is 17.7. The van der Waals surface area contributed by atoms with Gasteiger partial charge >= 0.3 is 0 Å². The maximum atomic E-state index is 14.5. The summed E-state index contributed by atoms with van der Waals surface area (Å²) < 4.78 is 14.5. The van der Waals surface area contributed by atoms with Gasteiger partial charge in [0.1, 0.15) is 11.4 Å². The predicted octanol–water partition coefficient (Wildman–Crippen LogP) is 2.56. The van der Waals surface area contributed by atoms with E-state index >= 15 is 0 Å². The van der Waals surface area contributed by atoms with Crippen LogP contribution in [0.3, 0.4) is 0 Å². The molecular weight excluding hydrogens is 397 g/mol. The summed E-state index contributed by atoms with van der Waals surface area (Å²) in [6, 6.07) is 3.46. The van der Waals surface area contributed by atoms with Crippen LogP contribution < -0.4 is 10.9 Å². The molecule has 4 rings (SSSR count). The fourth-order valence-corrected chi connectivity index (χ4v) is 4.22. The summed E-state index contributed by atoms with van der Waals surface area (Å²) in [5.41, 5.74) is 3.79. The molecule has 3 heterocycles. The van der Waals surface area contributed by atoms with Gasteiger partial charge in [-0.05, 0) is 49.0 Å². The summed E-state index contributed by atoms with van der Waals surface area (Å²) in [6.07, 6.45) is 9.19. The van der Waals surface area contributed by atoms with Crippen LogP contribution >= 0.6 is 0 Å². The van der Waals surface area contributed by atoms with Crippen molar-refractivity contribution >= 4 is 17.1 Å². The van der Waals surface area contributed by atoms with E-state index in [0.717, 1.165) is 36.2 Å². The SMILES string of the molecule is CCc1ncc(C2=CC(N3CC=C(c4ccc(C(=O)NC)nc4F)CC3)CC2)[nH]c1=O. The molecule has 2 aromatic rings. The molecule has 0 saturated heterocycles. The van der Waals surface area contributed by atoms with Gasteiger partial charge in [-0.2, -0.15) is 4.39 Å². The number of allylic oxidation sites excluding steroid dienone is 1. The van der Waals surface area contributed by atoms with E-state index in [2.05, 4.69) is 31.2 Å². The van der Waals surface area contributed by atoms with Gasteiger partial charge in [-0.1, -0.05) is 19.1 Å². The third kappa shape index (κ3) is 4.34. The number of pyridine rings is 1. The van der Waals surface area contributed by atoms with Crippen LogP contribution in [0.4, 0.5) is 4.39 Å². The van der Waals surface area contributed by atoms with Crippen LogP contribution in [0.2, 0.25) is 0 Å². The Labute approximate surface area is 180 Å². The molecule has 1 atom stereocenters. The second-order valence-corrected chi connectivity index (χ2v) is 7.81. The minimum absolute atomic E-state index is 0.0740. The molecule has 2 aromatic heterocycles. The lowest BCUT2D eigenvalue weighted by Crippen LogP contribution is -2.36. The van der Waals surface area contributed by atoms with Crippen molar-refractivity contribution in [2.75, 3.05) is 20.1 Å². The Kier molecular flexibility index (Phi) is 6.08. The molecule has 31 heavy (non-hydrogen) atoms. The van der Waals surface area contributed by atoms with E-state index in [1.54, 1.807) is 18.3 Å². The maximum absolute atomic E-state index is 14.5. The maximum Gasteiger partial charge on any atom is 0.270 e. The second-order valence-electron chi connectivity index (χ2n) is 7.81. The van der Waals surface area contributed by atoms with Gasteiger partial charge in [0.25, 0.3) is 11.5 Å². The normalized spacial score (nSPS) is 19.1. The summed E-state index contributed by atoms with van der Waals surface area (Å²) >= 11 is 0. The molecule has 0 spiro atoms. The highest BCUT2D eigenvalue weighted by Gasteiger charge is 2.26. The number of hydrogen-bond acceptors (Lipinski definition) is 5. The summed E-state index contributed by atoms with van der Waals surface area (Å²) in [7, 11) is 1.49. The van der Waals surface area contributed by atoms with Gasteiger partial charge in [-0.25, -0.2) is 4.98 Å². The molecule has 0 bridgehead atoms. The number of halogens is 1. The molecule has 1 amide bonds.